The van der Waals surface area contributed by atoms with Gasteiger partial charge in [0.2, 0.25) is 0 Å². The van der Waals surface area contributed by atoms with E-state index in [0.29, 0.717) is 12.8 Å². The Morgan fingerprint density at radius 2 is 1.79 bits per heavy atom. The van der Waals surface area contributed by atoms with Gasteiger partial charge in [-0.25, -0.2) is 0 Å². The van der Waals surface area contributed by atoms with E-state index in [9.17, 15) is 5.11 Å². The summed E-state index contributed by atoms with van der Waals surface area (Å²) in [5.74, 6) is -1.55. The third-order valence-corrected chi connectivity index (χ3v) is 9.83. The van der Waals surface area contributed by atoms with Crippen molar-refractivity contribution in [3.63, 3.8) is 0 Å². The van der Waals surface area contributed by atoms with Gasteiger partial charge in [-0.3, -0.25) is 0 Å². The Hall–Kier alpha value is -1.92. The molecule has 0 spiro atoms. The maximum Gasteiger partial charge on any atom is 0.336 e. The van der Waals surface area contributed by atoms with E-state index in [2.05, 4.69) is 51.1 Å². The van der Waals surface area contributed by atoms with E-state index in [4.69, 9.17) is 6.42 Å². The average Bonchev–Trinajstić information content (AvgIpc) is 3.10. The topological polar surface area (TPSA) is 20.2 Å². The van der Waals surface area contributed by atoms with Crippen LogP contribution in [0.25, 0.3) is 0 Å². The van der Waals surface area contributed by atoms with E-state index in [0.717, 1.165) is 32.1 Å². The Morgan fingerprint density at radius 1 is 1.09 bits per heavy atom. The van der Waals surface area contributed by atoms with Gasteiger partial charge in [0.1, 0.15) is 5.60 Å². The highest BCUT2D eigenvalue weighted by Gasteiger charge is 2.71. The number of halogens is 2. The highest BCUT2D eigenvalue weighted by molar-refractivity contribution is 5.49. The van der Waals surface area contributed by atoms with Gasteiger partial charge < -0.3 is 5.11 Å². The van der Waals surface area contributed by atoms with Crippen molar-refractivity contribution in [2.45, 2.75) is 102 Å². The Balaban J connectivity index is 1.67. The number of aliphatic hydroxyl groups is 1. The lowest BCUT2D eigenvalue weighted by atomic mass is 9.50. The SMILES string of the molecule is C#CC(F)(F)[C@]1(O)CCC2C3CCC4=CCCCC4=C3C(c3ccc(C(C)(C)C)cc3)C[C@@]21C. The quantitative estimate of drug-likeness (QED) is 0.445. The summed E-state index contributed by atoms with van der Waals surface area (Å²) in [7, 11) is 0. The molecule has 0 bridgehead atoms. The van der Waals surface area contributed by atoms with E-state index in [-0.39, 0.29) is 29.6 Å². The minimum Gasteiger partial charge on any atom is -0.382 e. The molecule has 0 radical (unpaired) electrons. The molecule has 3 heteroatoms. The zero-order chi connectivity index (χ0) is 24.5. The second-order valence-corrected chi connectivity index (χ2v) is 12.5. The molecule has 2 saturated carbocycles. The normalized spacial score (nSPS) is 35.7. The molecule has 0 aliphatic heterocycles. The molecule has 3 unspecified atom stereocenters. The molecular formula is C31H38F2O. The number of fused-ring (bicyclic) bond motifs is 4. The monoisotopic (exact) mass is 464 g/mol. The Bertz CT molecular complexity index is 1080. The van der Waals surface area contributed by atoms with Crippen LogP contribution in [0.4, 0.5) is 8.78 Å². The zero-order valence-electron chi connectivity index (χ0n) is 21.1. The summed E-state index contributed by atoms with van der Waals surface area (Å²) >= 11 is 0. The fourth-order valence-corrected chi connectivity index (χ4v) is 7.92. The molecule has 0 aromatic heterocycles. The average molecular weight is 465 g/mol. The fourth-order valence-electron chi connectivity index (χ4n) is 7.92. The van der Waals surface area contributed by atoms with Crippen LogP contribution in [-0.4, -0.2) is 16.6 Å². The molecular weight excluding hydrogens is 426 g/mol. The van der Waals surface area contributed by atoms with E-state index in [1.165, 1.54) is 27.8 Å². The number of rotatable bonds is 2. The summed E-state index contributed by atoms with van der Waals surface area (Å²) in [5.41, 5.74) is 3.87. The number of hydrogen-bond acceptors (Lipinski definition) is 1. The van der Waals surface area contributed by atoms with E-state index >= 15 is 8.78 Å². The maximum atomic E-state index is 15.2. The predicted octanol–water partition coefficient (Wildman–Crippen LogP) is 7.70. The van der Waals surface area contributed by atoms with Crippen molar-refractivity contribution in [3.8, 4) is 12.3 Å². The molecule has 5 rings (SSSR count). The molecule has 0 saturated heterocycles. The Kier molecular flexibility index (Phi) is 5.45. The van der Waals surface area contributed by atoms with Crippen LogP contribution in [0.5, 0.6) is 0 Å². The highest BCUT2D eigenvalue weighted by Crippen LogP contribution is 2.69. The molecule has 0 amide bonds. The predicted molar refractivity (Wildman–Crippen MR) is 134 cm³/mol. The summed E-state index contributed by atoms with van der Waals surface area (Å²) in [6, 6.07) is 8.80. The highest BCUT2D eigenvalue weighted by atomic mass is 19.3. The summed E-state index contributed by atoms with van der Waals surface area (Å²) < 4.78 is 30.3. The van der Waals surface area contributed by atoms with E-state index < -0.39 is 16.9 Å². The molecule has 1 nitrogen and oxygen atoms in total. The molecule has 1 aromatic rings. The van der Waals surface area contributed by atoms with Gasteiger partial charge in [-0.05, 0) is 96.8 Å². The van der Waals surface area contributed by atoms with Crippen molar-refractivity contribution in [2.24, 2.45) is 17.3 Å². The smallest absolute Gasteiger partial charge is 0.336 e. The van der Waals surface area contributed by atoms with Gasteiger partial charge in [0.15, 0.2) is 0 Å². The first-order chi connectivity index (χ1) is 15.9. The number of benzene rings is 1. The van der Waals surface area contributed by atoms with Crippen LogP contribution in [0.3, 0.4) is 0 Å². The minimum absolute atomic E-state index is 0.0350. The van der Waals surface area contributed by atoms with Crippen molar-refractivity contribution >= 4 is 0 Å². The minimum atomic E-state index is -3.54. The molecule has 1 aromatic carbocycles. The standard InChI is InChI=1S/C31H38F2O/c1-6-31(32,33)30(34)18-17-26-24-16-13-20-9-7-8-10-23(20)27(24)25(19-29(26,30)5)21-11-14-22(15-12-21)28(2,3)4/h1,9,11-12,14-15,24-26,34H,7-8,10,13,16-19H2,2-5H3/t24?,25?,26?,29-,30-/m0/s1. The van der Waals surface area contributed by atoms with Crippen molar-refractivity contribution in [1.82, 2.24) is 0 Å². The second-order valence-electron chi connectivity index (χ2n) is 12.5. The molecule has 1 N–H and O–H groups in total. The summed E-state index contributed by atoms with van der Waals surface area (Å²) in [5, 5.41) is 11.6. The summed E-state index contributed by atoms with van der Waals surface area (Å²) in [4.78, 5) is 0. The lowest BCUT2D eigenvalue weighted by Crippen LogP contribution is -2.59. The van der Waals surface area contributed by atoms with Gasteiger partial charge in [0.25, 0.3) is 0 Å². The third-order valence-electron chi connectivity index (χ3n) is 9.83. The zero-order valence-corrected chi connectivity index (χ0v) is 21.1. The van der Waals surface area contributed by atoms with Gasteiger partial charge in [-0.1, -0.05) is 63.6 Å². The largest absolute Gasteiger partial charge is 0.382 e. The van der Waals surface area contributed by atoms with Crippen LogP contribution in [0.1, 0.15) is 96.1 Å². The molecule has 34 heavy (non-hydrogen) atoms. The first kappa shape index (κ1) is 23.8. The molecule has 5 atom stereocenters. The van der Waals surface area contributed by atoms with Gasteiger partial charge in [-0.2, -0.15) is 8.78 Å². The molecule has 4 aliphatic carbocycles. The first-order valence-corrected chi connectivity index (χ1v) is 13.0. The van der Waals surface area contributed by atoms with Crippen LogP contribution >= 0.6 is 0 Å². The maximum absolute atomic E-state index is 15.2. The Morgan fingerprint density at radius 3 is 2.44 bits per heavy atom. The van der Waals surface area contributed by atoms with Gasteiger partial charge in [-0.15, -0.1) is 6.42 Å². The van der Waals surface area contributed by atoms with Crippen LogP contribution in [0.2, 0.25) is 0 Å². The van der Waals surface area contributed by atoms with E-state index in [1.807, 2.05) is 6.92 Å². The van der Waals surface area contributed by atoms with Gasteiger partial charge >= 0.3 is 5.92 Å². The number of terminal acetylenes is 1. The van der Waals surface area contributed by atoms with Gasteiger partial charge in [0, 0.05) is 11.3 Å². The Labute approximate surface area is 203 Å². The van der Waals surface area contributed by atoms with Crippen molar-refractivity contribution in [1.29, 1.82) is 0 Å². The summed E-state index contributed by atoms with van der Waals surface area (Å²) in [6.07, 6.45) is 14.3. The molecule has 2 fully saturated rings. The lowest BCUT2D eigenvalue weighted by molar-refractivity contribution is -0.209. The lowest BCUT2D eigenvalue weighted by Gasteiger charge is -2.55. The van der Waals surface area contributed by atoms with Crippen LogP contribution in [-0.2, 0) is 5.41 Å². The van der Waals surface area contributed by atoms with Crippen LogP contribution in [0.15, 0.2) is 47.1 Å². The van der Waals surface area contributed by atoms with Crippen molar-refractivity contribution < 1.29 is 13.9 Å². The number of alkyl halides is 2. The fraction of sp³-hybridized carbons (Fsp3) is 0.613. The molecule has 4 aliphatic rings. The van der Waals surface area contributed by atoms with Crippen molar-refractivity contribution in [3.05, 3.63) is 58.2 Å². The molecule has 0 heterocycles. The number of allylic oxidation sites excluding steroid dienone is 4. The van der Waals surface area contributed by atoms with Crippen LogP contribution in [0, 0.1) is 29.6 Å². The third kappa shape index (κ3) is 3.28. The van der Waals surface area contributed by atoms with Gasteiger partial charge in [0.05, 0.1) is 0 Å². The molecule has 182 valence electrons. The second kappa shape index (κ2) is 7.79. The number of hydrogen-bond donors (Lipinski definition) is 1. The summed E-state index contributed by atoms with van der Waals surface area (Å²) in [6.45, 7) is 8.51. The van der Waals surface area contributed by atoms with Crippen molar-refractivity contribution in [2.75, 3.05) is 0 Å². The van der Waals surface area contributed by atoms with Crippen LogP contribution < -0.4 is 0 Å². The van der Waals surface area contributed by atoms with E-state index in [1.54, 1.807) is 5.92 Å². The first-order valence-electron chi connectivity index (χ1n) is 13.0.